The van der Waals surface area contributed by atoms with E-state index in [4.69, 9.17) is 11.5 Å². The topological polar surface area (TPSA) is 139 Å². The van der Waals surface area contributed by atoms with E-state index in [0.717, 1.165) is 22.0 Å². The summed E-state index contributed by atoms with van der Waals surface area (Å²) in [5.41, 5.74) is 14.2. The van der Waals surface area contributed by atoms with Crippen LogP contribution in [0.2, 0.25) is 0 Å². The first kappa shape index (κ1) is 19.5. The molecule has 9 nitrogen and oxygen atoms in total. The summed E-state index contributed by atoms with van der Waals surface area (Å²) < 4.78 is 1.89. The van der Waals surface area contributed by atoms with Crippen LogP contribution in [-0.2, 0) is 0 Å². The van der Waals surface area contributed by atoms with E-state index in [1.807, 2.05) is 48.1 Å². The van der Waals surface area contributed by atoms with Gasteiger partial charge in [0.1, 0.15) is 29.7 Å². The molecule has 0 spiro atoms. The van der Waals surface area contributed by atoms with Crippen molar-refractivity contribution in [2.24, 2.45) is 5.92 Å². The summed E-state index contributed by atoms with van der Waals surface area (Å²) in [5.74, 6) is 0.762. The maximum absolute atomic E-state index is 10.8. The maximum Gasteiger partial charge on any atom is 0.145 e. The molecule has 31 heavy (non-hydrogen) atoms. The number of rotatable bonds is 4. The second-order valence-electron chi connectivity index (χ2n) is 8.26. The molecule has 0 aliphatic heterocycles. The van der Waals surface area contributed by atoms with Gasteiger partial charge in [-0.15, -0.1) is 0 Å². The average molecular weight is 419 g/mol. The zero-order chi connectivity index (χ0) is 21.7. The smallest absolute Gasteiger partial charge is 0.145 e. The van der Waals surface area contributed by atoms with E-state index in [0.29, 0.717) is 30.2 Å². The molecule has 0 saturated heterocycles. The van der Waals surface area contributed by atoms with Crippen LogP contribution in [0.15, 0.2) is 48.9 Å². The normalized spacial score (nSPS) is 23.6. The molecule has 0 amide bonds. The van der Waals surface area contributed by atoms with Gasteiger partial charge in [-0.25, -0.2) is 15.0 Å². The third kappa shape index (κ3) is 3.31. The van der Waals surface area contributed by atoms with Crippen LogP contribution in [0.5, 0.6) is 0 Å². The summed E-state index contributed by atoms with van der Waals surface area (Å²) in [4.78, 5) is 14.8. The van der Waals surface area contributed by atoms with Crippen LogP contribution in [0.25, 0.3) is 21.9 Å². The van der Waals surface area contributed by atoms with Crippen molar-refractivity contribution in [2.45, 2.75) is 24.7 Å². The number of anilines is 3. The molecule has 0 unspecified atom stereocenters. The second-order valence-corrected chi connectivity index (χ2v) is 8.26. The van der Waals surface area contributed by atoms with Crippen molar-refractivity contribution in [1.82, 2.24) is 19.5 Å². The van der Waals surface area contributed by atoms with Gasteiger partial charge in [0.25, 0.3) is 0 Å². The monoisotopic (exact) mass is 419 g/mol. The third-order valence-electron chi connectivity index (χ3n) is 6.32. The Morgan fingerprint density at radius 3 is 2.74 bits per heavy atom. The lowest BCUT2D eigenvalue weighted by atomic mass is 10.0. The highest BCUT2D eigenvalue weighted by Crippen LogP contribution is 2.38. The van der Waals surface area contributed by atoms with Crippen molar-refractivity contribution < 1.29 is 10.2 Å². The highest BCUT2D eigenvalue weighted by atomic mass is 16.3. The number of benzene rings is 1. The molecule has 1 saturated carbocycles. The van der Waals surface area contributed by atoms with Crippen LogP contribution >= 0.6 is 0 Å². The van der Waals surface area contributed by atoms with Crippen molar-refractivity contribution in [3.63, 3.8) is 0 Å². The summed E-state index contributed by atoms with van der Waals surface area (Å²) >= 11 is 0. The first-order valence-corrected chi connectivity index (χ1v) is 10.2. The Bertz CT molecular complexity index is 1260. The molecule has 0 radical (unpaired) electrons. The number of fused-ring (bicyclic) bond motifs is 2. The molecule has 4 aromatic rings. The van der Waals surface area contributed by atoms with E-state index >= 15 is 0 Å². The fourth-order valence-electron chi connectivity index (χ4n) is 4.63. The van der Waals surface area contributed by atoms with Crippen molar-refractivity contribution >= 4 is 39.3 Å². The number of hydrogen-bond donors (Lipinski definition) is 4. The predicted octanol–water partition coefficient (Wildman–Crippen LogP) is 1.56. The van der Waals surface area contributed by atoms with Gasteiger partial charge in [-0.2, -0.15) is 0 Å². The van der Waals surface area contributed by atoms with Crippen molar-refractivity contribution in [3.05, 3.63) is 48.9 Å². The van der Waals surface area contributed by atoms with Crippen LogP contribution in [0.1, 0.15) is 12.5 Å². The number of hydrogen-bond acceptors (Lipinski definition) is 8. The Kier molecular flexibility index (Phi) is 4.64. The maximum atomic E-state index is 10.8. The van der Waals surface area contributed by atoms with Gasteiger partial charge >= 0.3 is 0 Å². The standard InChI is InChI=1S/C22H25N7O2/c1-28(14-4-2-12-3-5-18(23)27-16(12)9-14)10-13-8-17(20(31)19(13)30)29-7-6-15-21(24)25-11-26-22(15)29/h2-7,9,11,13,17,19-20,30-31H,8,10H2,1H3,(H2,23,27)(H2,24,25,26)/t13-,17-,19-,20+/m1/s1. The number of aliphatic hydroxyl groups excluding tert-OH is 2. The van der Waals surface area contributed by atoms with E-state index in [2.05, 4.69) is 19.9 Å². The number of nitrogens with zero attached hydrogens (tertiary/aromatic N) is 5. The molecule has 1 aliphatic rings. The van der Waals surface area contributed by atoms with Gasteiger partial charge in [-0.1, -0.05) is 6.07 Å². The summed E-state index contributed by atoms with van der Waals surface area (Å²) in [7, 11) is 1.97. The molecule has 9 heteroatoms. The summed E-state index contributed by atoms with van der Waals surface area (Å²) in [6.07, 6.45) is 2.13. The highest BCUT2D eigenvalue weighted by Gasteiger charge is 2.43. The minimum absolute atomic E-state index is 0.119. The summed E-state index contributed by atoms with van der Waals surface area (Å²) in [6.45, 7) is 0.582. The number of aromatic nitrogens is 4. The number of pyridine rings is 1. The van der Waals surface area contributed by atoms with Crippen LogP contribution in [0, 0.1) is 5.92 Å². The van der Waals surface area contributed by atoms with Crippen LogP contribution in [-0.4, -0.2) is 55.5 Å². The number of nitrogens with two attached hydrogens (primary N) is 2. The van der Waals surface area contributed by atoms with Gasteiger partial charge < -0.3 is 31.1 Å². The van der Waals surface area contributed by atoms with Crippen LogP contribution in [0.3, 0.4) is 0 Å². The zero-order valence-corrected chi connectivity index (χ0v) is 17.1. The quantitative estimate of drug-likeness (QED) is 0.391. The fraction of sp³-hybridized carbons (Fsp3) is 0.318. The Labute approximate surface area is 179 Å². The summed E-state index contributed by atoms with van der Waals surface area (Å²) in [5, 5.41) is 23.3. The minimum Gasteiger partial charge on any atom is -0.390 e. The SMILES string of the molecule is CN(C[C@H]1C[C@@H](n2ccc3c(N)ncnc32)[C@H](O)[C@@H]1O)c1ccc2ccc(N)nc2c1. The van der Waals surface area contributed by atoms with Gasteiger partial charge in [-0.05, 0) is 36.8 Å². The Balaban J connectivity index is 1.38. The van der Waals surface area contributed by atoms with Gasteiger partial charge in [-0.3, -0.25) is 0 Å². The average Bonchev–Trinajstić information content (AvgIpc) is 3.30. The first-order chi connectivity index (χ1) is 14.9. The minimum atomic E-state index is -0.900. The Morgan fingerprint density at radius 2 is 1.90 bits per heavy atom. The predicted molar refractivity (Wildman–Crippen MR) is 121 cm³/mol. The van der Waals surface area contributed by atoms with Crippen molar-refractivity contribution in [1.29, 1.82) is 0 Å². The van der Waals surface area contributed by atoms with Crippen molar-refractivity contribution in [2.75, 3.05) is 30.0 Å². The molecule has 4 atom stereocenters. The molecule has 6 N–H and O–H groups in total. The molecular formula is C22H25N7O2. The van der Waals surface area contributed by atoms with Gasteiger partial charge in [0.05, 0.1) is 23.0 Å². The Hall–Kier alpha value is -3.43. The highest BCUT2D eigenvalue weighted by molar-refractivity contribution is 5.86. The van der Waals surface area contributed by atoms with Crippen LogP contribution in [0.4, 0.5) is 17.3 Å². The first-order valence-electron chi connectivity index (χ1n) is 10.2. The molecule has 0 bridgehead atoms. The number of aliphatic hydroxyl groups is 2. The molecule has 1 aliphatic carbocycles. The zero-order valence-electron chi connectivity index (χ0n) is 17.1. The lowest BCUT2D eigenvalue weighted by Gasteiger charge is -2.25. The lowest BCUT2D eigenvalue weighted by molar-refractivity contribution is 0.00807. The molecular weight excluding hydrogens is 394 g/mol. The van der Waals surface area contributed by atoms with Gasteiger partial charge in [0.15, 0.2) is 0 Å². The largest absolute Gasteiger partial charge is 0.390 e. The van der Waals surface area contributed by atoms with E-state index in [1.54, 1.807) is 6.07 Å². The Morgan fingerprint density at radius 1 is 1.10 bits per heavy atom. The van der Waals surface area contributed by atoms with E-state index in [-0.39, 0.29) is 12.0 Å². The molecule has 3 aromatic heterocycles. The fourth-order valence-corrected chi connectivity index (χ4v) is 4.63. The molecule has 5 rings (SSSR count). The second kappa shape index (κ2) is 7.36. The van der Waals surface area contributed by atoms with Gasteiger partial charge in [0.2, 0.25) is 0 Å². The third-order valence-corrected chi connectivity index (χ3v) is 6.32. The van der Waals surface area contributed by atoms with Crippen molar-refractivity contribution in [3.8, 4) is 0 Å². The number of nitrogen functional groups attached to an aromatic ring is 2. The van der Waals surface area contributed by atoms with E-state index in [9.17, 15) is 10.2 Å². The van der Waals surface area contributed by atoms with Crippen LogP contribution < -0.4 is 16.4 Å². The molecule has 3 heterocycles. The van der Waals surface area contributed by atoms with E-state index in [1.165, 1.54) is 6.33 Å². The molecule has 160 valence electrons. The summed E-state index contributed by atoms with van der Waals surface area (Å²) in [6, 6.07) is 11.3. The molecule has 1 fully saturated rings. The lowest BCUT2D eigenvalue weighted by Crippen LogP contribution is -2.34. The molecule has 1 aromatic carbocycles. The van der Waals surface area contributed by atoms with E-state index < -0.39 is 12.2 Å². The van der Waals surface area contributed by atoms with Gasteiger partial charge in [0, 0.05) is 36.8 Å².